The van der Waals surface area contributed by atoms with Gasteiger partial charge in [-0.2, -0.15) is 0 Å². The van der Waals surface area contributed by atoms with Gasteiger partial charge in [0.25, 0.3) is 0 Å². The van der Waals surface area contributed by atoms with E-state index in [1.165, 1.54) is 16.5 Å². The summed E-state index contributed by atoms with van der Waals surface area (Å²) in [6, 6.07) is 8.63. The van der Waals surface area contributed by atoms with Gasteiger partial charge in [-0.05, 0) is 37.3 Å². The molecule has 1 aliphatic heterocycles. The zero-order valence-corrected chi connectivity index (χ0v) is 13.2. The summed E-state index contributed by atoms with van der Waals surface area (Å²) in [5.41, 5.74) is 2.58. The van der Waals surface area contributed by atoms with Crippen LogP contribution in [0.25, 0.3) is 10.9 Å². The van der Waals surface area contributed by atoms with E-state index in [9.17, 15) is 4.79 Å². The zero-order valence-electron chi connectivity index (χ0n) is 13.2. The summed E-state index contributed by atoms with van der Waals surface area (Å²) < 4.78 is 7.55. The number of nitrogens with one attached hydrogen (secondary N) is 1. The highest BCUT2D eigenvalue weighted by atomic mass is 16.5. The van der Waals surface area contributed by atoms with Gasteiger partial charge in [0.1, 0.15) is 0 Å². The quantitative estimate of drug-likeness (QED) is 0.922. The number of fused-ring (bicyclic) bond motifs is 1. The van der Waals surface area contributed by atoms with Gasteiger partial charge in [0.15, 0.2) is 0 Å². The van der Waals surface area contributed by atoms with Gasteiger partial charge in [-0.15, -0.1) is 0 Å². The summed E-state index contributed by atoms with van der Waals surface area (Å²) in [5, 5.41) is 4.38. The average Bonchev–Trinajstić information content (AvgIpc) is 2.85. The smallest absolute Gasteiger partial charge is 0.220 e. The standard InChI is InChI=1S/C18H24N2O2/c1-20-12-14(16-8-2-3-9-17(16)20)6-4-10-18(21)19-15-7-5-11-22-13-15/h2-3,8-9,12,15H,4-7,10-11,13H2,1H3,(H,19,21). The van der Waals surface area contributed by atoms with Crippen LogP contribution in [-0.4, -0.2) is 29.7 Å². The second-order valence-corrected chi connectivity index (χ2v) is 6.12. The highest BCUT2D eigenvalue weighted by Gasteiger charge is 2.16. The lowest BCUT2D eigenvalue weighted by Gasteiger charge is -2.23. The third-order valence-electron chi connectivity index (χ3n) is 4.35. The number of rotatable bonds is 5. The normalized spacial score (nSPS) is 18.5. The van der Waals surface area contributed by atoms with Crippen molar-refractivity contribution in [2.75, 3.05) is 13.2 Å². The Morgan fingerprint density at radius 3 is 3.09 bits per heavy atom. The molecule has 0 radical (unpaired) electrons. The van der Waals surface area contributed by atoms with Gasteiger partial charge < -0.3 is 14.6 Å². The Morgan fingerprint density at radius 2 is 2.27 bits per heavy atom. The van der Waals surface area contributed by atoms with E-state index in [-0.39, 0.29) is 11.9 Å². The van der Waals surface area contributed by atoms with E-state index >= 15 is 0 Å². The van der Waals surface area contributed by atoms with Gasteiger partial charge in [-0.3, -0.25) is 4.79 Å². The number of carbonyl (C=O) groups is 1. The molecule has 1 aliphatic rings. The van der Waals surface area contributed by atoms with Crippen molar-refractivity contribution in [2.45, 2.75) is 38.1 Å². The monoisotopic (exact) mass is 300 g/mol. The summed E-state index contributed by atoms with van der Waals surface area (Å²) in [6.07, 6.45) is 6.66. The number of hydrogen-bond donors (Lipinski definition) is 1. The fraction of sp³-hybridized carbons (Fsp3) is 0.500. The summed E-state index contributed by atoms with van der Waals surface area (Å²) in [4.78, 5) is 12.0. The molecule has 4 nitrogen and oxygen atoms in total. The SMILES string of the molecule is Cn1cc(CCCC(=O)NC2CCCOC2)c2ccccc21. The third-order valence-corrected chi connectivity index (χ3v) is 4.35. The van der Waals surface area contributed by atoms with Crippen molar-refractivity contribution in [3.05, 3.63) is 36.0 Å². The van der Waals surface area contributed by atoms with Crippen LogP contribution in [0.5, 0.6) is 0 Å². The minimum Gasteiger partial charge on any atom is -0.379 e. The first-order valence-corrected chi connectivity index (χ1v) is 8.14. The number of hydrogen-bond acceptors (Lipinski definition) is 2. The fourth-order valence-corrected chi connectivity index (χ4v) is 3.22. The molecule has 1 saturated heterocycles. The lowest BCUT2D eigenvalue weighted by molar-refractivity contribution is -0.122. The van der Waals surface area contributed by atoms with Crippen molar-refractivity contribution in [1.29, 1.82) is 0 Å². The van der Waals surface area contributed by atoms with E-state index in [4.69, 9.17) is 4.74 Å². The van der Waals surface area contributed by atoms with Crippen molar-refractivity contribution in [2.24, 2.45) is 7.05 Å². The molecule has 0 spiro atoms. The molecule has 1 fully saturated rings. The van der Waals surface area contributed by atoms with Crippen LogP contribution in [0.1, 0.15) is 31.2 Å². The van der Waals surface area contributed by atoms with E-state index in [0.29, 0.717) is 13.0 Å². The van der Waals surface area contributed by atoms with Crippen LogP contribution in [0.4, 0.5) is 0 Å². The molecular weight excluding hydrogens is 276 g/mol. The van der Waals surface area contributed by atoms with Gasteiger partial charge in [0, 0.05) is 37.2 Å². The topological polar surface area (TPSA) is 43.3 Å². The molecule has 4 heteroatoms. The zero-order chi connectivity index (χ0) is 15.4. The van der Waals surface area contributed by atoms with Crippen LogP contribution < -0.4 is 5.32 Å². The minimum atomic E-state index is 0.149. The second kappa shape index (κ2) is 6.97. The van der Waals surface area contributed by atoms with Gasteiger partial charge in [0.2, 0.25) is 5.91 Å². The number of carbonyl (C=O) groups excluding carboxylic acids is 1. The lowest BCUT2D eigenvalue weighted by Crippen LogP contribution is -2.40. The Balaban J connectivity index is 1.50. The molecule has 1 N–H and O–H groups in total. The minimum absolute atomic E-state index is 0.149. The first-order chi connectivity index (χ1) is 10.7. The van der Waals surface area contributed by atoms with E-state index in [1.807, 2.05) is 0 Å². The number of aryl methyl sites for hydroxylation is 2. The maximum Gasteiger partial charge on any atom is 0.220 e. The lowest BCUT2D eigenvalue weighted by atomic mass is 10.1. The summed E-state index contributed by atoms with van der Waals surface area (Å²) in [7, 11) is 2.07. The third kappa shape index (κ3) is 3.50. The van der Waals surface area contributed by atoms with Crippen molar-refractivity contribution < 1.29 is 9.53 Å². The van der Waals surface area contributed by atoms with Crippen molar-refractivity contribution in [3.8, 4) is 0 Å². The summed E-state index contributed by atoms with van der Waals surface area (Å²) in [6.45, 7) is 1.49. The van der Waals surface area contributed by atoms with E-state index in [1.54, 1.807) is 0 Å². The Bertz CT molecular complexity index is 642. The second-order valence-electron chi connectivity index (χ2n) is 6.12. The Morgan fingerprint density at radius 1 is 1.41 bits per heavy atom. The molecule has 0 saturated carbocycles. The molecule has 2 aromatic rings. The molecular formula is C18H24N2O2. The molecule has 1 unspecified atom stereocenters. The highest BCUT2D eigenvalue weighted by molar-refractivity contribution is 5.84. The van der Waals surface area contributed by atoms with Crippen LogP contribution >= 0.6 is 0 Å². The molecule has 0 aliphatic carbocycles. The van der Waals surface area contributed by atoms with Crippen LogP contribution in [0.3, 0.4) is 0 Å². The molecule has 1 amide bonds. The van der Waals surface area contributed by atoms with Crippen molar-refractivity contribution in [1.82, 2.24) is 9.88 Å². The molecule has 1 atom stereocenters. The molecule has 1 aromatic carbocycles. The Hall–Kier alpha value is -1.81. The number of amides is 1. The maximum atomic E-state index is 12.0. The molecule has 118 valence electrons. The van der Waals surface area contributed by atoms with Crippen LogP contribution in [0.15, 0.2) is 30.5 Å². The largest absolute Gasteiger partial charge is 0.379 e. The van der Waals surface area contributed by atoms with Crippen molar-refractivity contribution in [3.63, 3.8) is 0 Å². The number of para-hydroxylation sites is 1. The molecule has 2 heterocycles. The Kier molecular flexibility index (Phi) is 4.78. The molecule has 3 rings (SSSR count). The van der Waals surface area contributed by atoms with Crippen LogP contribution in [-0.2, 0) is 23.0 Å². The maximum absolute atomic E-state index is 12.0. The van der Waals surface area contributed by atoms with Crippen molar-refractivity contribution >= 4 is 16.8 Å². The van der Waals surface area contributed by atoms with Gasteiger partial charge in [0.05, 0.1) is 12.6 Å². The average molecular weight is 300 g/mol. The van der Waals surface area contributed by atoms with E-state index in [2.05, 4.69) is 47.4 Å². The highest BCUT2D eigenvalue weighted by Crippen LogP contribution is 2.21. The van der Waals surface area contributed by atoms with Gasteiger partial charge >= 0.3 is 0 Å². The number of ether oxygens (including phenoxy) is 1. The number of benzene rings is 1. The summed E-state index contributed by atoms with van der Waals surface area (Å²) in [5.74, 6) is 0.149. The van der Waals surface area contributed by atoms with Crippen LogP contribution in [0, 0.1) is 0 Å². The number of aromatic nitrogens is 1. The van der Waals surface area contributed by atoms with E-state index in [0.717, 1.165) is 32.3 Å². The van der Waals surface area contributed by atoms with Crippen LogP contribution in [0.2, 0.25) is 0 Å². The number of nitrogens with zero attached hydrogens (tertiary/aromatic N) is 1. The predicted molar refractivity (Wildman–Crippen MR) is 87.8 cm³/mol. The molecule has 0 bridgehead atoms. The predicted octanol–water partition coefficient (Wildman–Crippen LogP) is 2.80. The molecule has 1 aromatic heterocycles. The Labute approximate surface area is 131 Å². The molecule has 22 heavy (non-hydrogen) atoms. The first kappa shape index (κ1) is 15.1. The van der Waals surface area contributed by atoms with Gasteiger partial charge in [-0.25, -0.2) is 0 Å². The fourth-order valence-electron chi connectivity index (χ4n) is 3.22. The first-order valence-electron chi connectivity index (χ1n) is 8.14. The summed E-state index contributed by atoms with van der Waals surface area (Å²) >= 11 is 0. The van der Waals surface area contributed by atoms with Gasteiger partial charge in [-0.1, -0.05) is 18.2 Å². The van der Waals surface area contributed by atoms with E-state index < -0.39 is 0 Å².